The van der Waals surface area contributed by atoms with E-state index in [1.807, 2.05) is 30.6 Å². The number of piperidine rings is 1. The molecule has 1 spiro atoms. The molecule has 2 aromatic carbocycles. The summed E-state index contributed by atoms with van der Waals surface area (Å²) in [5.41, 5.74) is 4.02. The average Bonchev–Trinajstić information content (AvgIpc) is 2.98. The molecule has 42 heavy (non-hydrogen) atoms. The molecule has 7 heteroatoms. The molecule has 0 radical (unpaired) electrons. The van der Waals surface area contributed by atoms with E-state index in [1.54, 1.807) is 0 Å². The first-order valence-electron chi connectivity index (χ1n) is 15.6. The molecule has 3 aliphatic rings. The summed E-state index contributed by atoms with van der Waals surface area (Å²) in [6.07, 6.45) is 10.6. The third-order valence-electron chi connectivity index (χ3n) is 9.49. The van der Waals surface area contributed by atoms with Crippen molar-refractivity contribution in [2.45, 2.75) is 51.6 Å². The lowest BCUT2D eigenvalue weighted by Gasteiger charge is -2.47. The Hall–Kier alpha value is -2.93. The fraction of sp³-hybridized carbons (Fsp3) is 0.486. The van der Waals surface area contributed by atoms with E-state index in [2.05, 4.69) is 62.1 Å². The molecule has 0 unspecified atom stereocenters. The second-order valence-corrected chi connectivity index (χ2v) is 13.0. The van der Waals surface area contributed by atoms with E-state index in [9.17, 15) is 4.79 Å². The van der Waals surface area contributed by atoms with Gasteiger partial charge in [-0.25, -0.2) is 0 Å². The van der Waals surface area contributed by atoms with Crippen molar-refractivity contribution in [2.24, 2.45) is 11.3 Å². The third-order valence-corrected chi connectivity index (χ3v) is 9.74. The molecule has 222 valence electrons. The number of hydrogen-bond donors (Lipinski definition) is 0. The second kappa shape index (κ2) is 13.6. The molecule has 3 aliphatic heterocycles. The van der Waals surface area contributed by atoms with Crippen LogP contribution in [-0.2, 0) is 24.3 Å². The van der Waals surface area contributed by atoms with Crippen LogP contribution in [0.3, 0.4) is 0 Å². The summed E-state index contributed by atoms with van der Waals surface area (Å²) in [5.74, 6) is 1.51. The zero-order valence-corrected chi connectivity index (χ0v) is 25.4. The van der Waals surface area contributed by atoms with Crippen LogP contribution in [0.4, 0.5) is 0 Å². The molecule has 0 bridgehead atoms. The number of amides is 1. The Morgan fingerprint density at radius 2 is 1.67 bits per heavy atom. The average molecular weight is 587 g/mol. The smallest absolute Gasteiger partial charge is 0.228 e. The number of fused-ring (bicyclic) bond motifs is 1. The highest BCUT2D eigenvalue weighted by atomic mass is 35.5. The Morgan fingerprint density at radius 1 is 0.881 bits per heavy atom. The van der Waals surface area contributed by atoms with Crippen LogP contribution in [-0.4, -0.2) is 71.5 Å². The Kier molecular flexibility index (Phi) is 9.43. The van der Waals surface area contributed by atoms with E-state index in [-0.39, 0.29) is 11.3 Å². The summed E-state index contributed by atoms with van der Waals surface area (Å²) in [6.45, 7) is 7.77. The van der Waals surface area contributed by atoms with Crippen LogP contribution in [0.5, 0.6) is 5.75 Å². The summed E-state index contributed by atoms with van der Waals surface area (Å²) in [7, 11) is 0. The van der Waals surface area contributed by atoms with Crippen molar-refractivity contribution in [2.75, 3.05) is 45.9 Å². The topological polar surface area (TPSA) is 48.9 Å². The van der Waals surface area contributed by atoms with E-state index >= 15 is 0 Å². The van der Waals surface area contributed by atoms with Gasteiger partial charge >= 0.3 is 0 Å². The van der Waals surface area contributed by atoms with Crippen LogP contribution < -0.4 is 4.74 Å². The number of rotatable bonds is 5. The van der Waals surface area contributed by atoms with Crippen LogP contribution in [0, 0.1) is 11.3 Å². The van der Waals surface area contributed by atoms with Gasteiger partial charge in [-0.15, -0.1) is 0 Å². The van der Waals surface area contributed by atoms with Crippen LogP contribution in [0.1, 0.15) is 48.8 Å². The van der Waals surface area contributed by atoms with E-state index < -0.39 is 0 Å². The van der Waals surface area contributed by atoms with Gasteiger partial charge in [0.1, 0.15) is 12.4 Å². The summed E-state index contributed by atoms with van der Waals surface area (Å²) in [6, 6.07) is 20.7. The van der Waals surface area contributed by atoms with Gasteiger partial charge in [0.2, 0.25) is 5.91 Å². The number of carbonyl (C=O) groups is 1. The number of aryl methyl sites for hydroxylation is 1. The maximum atomic E-state index is 13.5. The monoisotopic (exact) mass is 586 g/mol. The summed E-state index contributed by atoms with van der Waals surface area (Å²) in [5, 5.41) is 0.763. The molecular weight excluding hydrogens is 544 g/mol. The Bertz CT molecular complexity index is 1300. The summed E-state index contributed by atoms with van der Waals surface area (Å²) < 4.78 is 6.33. The highest BCUT2D eigenvalue weighted by Crippen LogP contribution is 2.39. The molecule has 2 saturated heterocycles. The molecule has 1 aromatic heterocycles. The molecule has 0 saturated carbocycles. The quantitative estimate of drug-likeness (QED) is 0.362. The normalized spacial score (nSPS) is 20.5. The van der Waals surface area contributed by atoms with Gasteiger partial charge in [-0.1, -0.05) is 54.4 Å². The van der Waals surface area contributed by atoms with Crippen LogP contribution in [0.2, 0.25) is 5.02 Å². The number of pyridine rings is 1. The van der Waals surface area contributed by atoms with E-state index in [4.69, 9.17) is 16.3 Å². The number of aromatic nitrogens is 1. The largest absolute Gasteiger partial charge is 0.492 e. The van der Waals surface area contributed by atoms with Crippen molar-refractivity contribution in [3.63, 3.8) is 0 Å². The van der Waals surface area contributed by atoms with Gasteiger partial charge < -0.3 is 9.64 Å². The number of benzene rings is 2. The molecule has 0 aliphatic carbocycles. The minimum atomic E-state index is 0.127. The maximum absolute atomic E-state index is 13.5. The van der Waals surface area contributed by atoms with Gasteiger partial charge in [-0.05, 0) is 78.5 Å². The fourth-order valence-electron chi connectivity index (χ4n) is 7.04. The van der Waals surface area contributed by atoms with Gasteiger partial charge in [0.05, 0.1) is 5.92 Å². The van der Waals surface area contributed by atoms with E-state index in [0.29, 0.717) is 12.5 Å². The minimum Gasteiger partial charge on any atom is -0.492 e. The van der Waals surface area contributed by atoms with E-state index in [1.165, 1.54) is 36.0 Å². The molecule has 0 atom stereocenters. The Morgan fingerprint density at radius 3 is 2.45 bits per heavy atom. The third kappa shape index (κ3) is 7.34. The van der Waals surface area contributed by atoms with Gasteiger partial charge in [-0.2, -0.15) is 0 Å². The molecular formula is C35H43ClN4O2. The number of halogens is 1. The number of hydrogen-bond acceptors (Lipinski definition) is 5. The van der Waals surface area contributed by atoms with Crippen molar-refractivity contribution in [3.8, 4) is 5.75 Å². The Balaban J connectivity index is 1.08. The van der Waals surface area contributed by atoms with Crippen LogP contribution in [0.15, 0.2) is 73.1 Å². The second-order valence-electron chi connectivity index (χ2n) is 12.6. The number of ether oxygens (including phenoxy) is 1. The highest BCUT2D eigenvalue weighted by Gasteiger charge is 2.41. The van der Waals surface area contributed by atoms with Crippen molar-refractivity contribution >= 4 is 17.5 Å². The van der Waals surface area contributed by atoms with Crippen LogP contribution in [0.25, 0.3) is 0 Å². The van der Waals surface area contributed by atoms with Gasteiger partial charge in [0, 0.05) is 69.8 Å². The fourth-order valence-corrected chi connectivity index (χ4v) is 7.17. The molecule has 0 N–H and O–H groups in total. The standard InChI is InChI=1S/C35H43ClN4O2/c36-32-12-10-28(11-13-32)23-39-25-31(26-39)34(41)40-18-15-35(16-19-40)14-4-3-8-30-7-1-2-9-33(30)42-21-20-38(27-35)24-29-6-5-17-37-22-29/h1-2,5-7,9-13,17,22,31H,3-4,8,14-16,18-21,23-27H2. The first kappa shape index (κ1) is 29.2. The summed E-state index contributed by atoms with van der Waals surface area (Å²) >= 11 is 6.04. The molecule has 6 nitrogen and oxygen atoms in total. The maximum Gasteiger partial charge on any atom is 0.228 e. The molecule has 4 heterocycles. The van der Waals surface area contributed by atoms with Crippen LogP contribution >= 0.6 is 11.6 Å². The van der Waals surface area contributed by atoms with Crippen molar-refractivity contribution in [3.05, 3.63) is 94.8 Å². The van der Waals surface area contributed by atoms with Gasteiger partial charge in [0.25, 0.3) is 0 Å². The predicted molar refractivity (Wildman–Crippen MR) is 167 cm³/mol. The minimum absolute atomic E-state index is 0.127. The first-order chi connectivity index (χ1) is 20.6. The lowest BCUT2D eigenvalue weighted by Crippen LogP contribution is -2.56. The molecule has 6 rings (SSSR count). The molecule has 1 amide bonds. The number of carbonyl (C=O) groups excluding carboxylic acids is 1. The molecule has 2 fully saturated rings. The summed E-state index contributed by atoms with van der Waals surface area (Å²) in [4.78, 5) is 24.9. The number of likely N-dealkylation sites (tertiary alicyclic amines) is 2. The van der Waals surface area contributed by atoms with Gasteiger partial charge in [-0.3, -0.25) is 19.6 Å². The van der Waals surface area contributed by atoms with Crippen molar-refractivity contribution in [1.82, 2.24) is 19.7 Å². The number of nitrogens with zero attached hydrogens (tertiary/aromatic N) is 4. The van der Waals surface area contributed by atoms with Crippen molar-refractivity contribution in [1.29, 1.82) is 0 Å². The predicted octanol–water partition coefficient (Wildman–Crippen LogP) is 6.08. The Labute approximate surface area is 255 Å². The number of para-hydroxylation sites is 1. The molecule has 3 aromatic rings. The zero-order chi connectivity index (χ0) is 28.8. The van der Waals surface area contributed by atoms with E-state index in [0.717, 1.165) is 82.4 Å². The first-order valence-corrected chi connectivity index (χ1v) is 16.0. The zero-order valence-electron chi connectivity index (χ0n) is 24.6. The lowest BCUT2D eigenvalue weighted by atomic mass is 9.73. The van der Waals surface area contributed by atoms with Crippen molar-refractivity contribution < 1.29 is 9.53 Å². The highest BCUT2D eigenvalue weighted by molar-refractivity contribution is 6.30. The van der Waals surface area contributed by atoms with Gasteiger partial charge in [0.15, 0.2) is 0 Å². The lowest BCUT2D eigenvalue weighted by molar-refractivity contribution is -0.144. The SMILES string of the molecule is O=C(C1CN(Cc2ccc(Cl)cc2)C1)N1CCC2(CCCCc3ccccc3OCCN(Cc3cccnc3)C2)CC1.